The van der Waals surface area contributed by atoms with E-state index in [1.54, 1.807) is 19.1 Å². The monoisotopic (exact) mass is 333 g/mol. The summed E-state index contributed by atoms with van der Waals surface area (Å²) in [5.74, 6) is 0.0177. The predicted molar refractivity (Wildman–Crippen MR) is 85.2 cm³/mol. The first-order valence-electron chi connectivity index (χ1n) is 6.74. The van der Waals surface area contributed by atoms with Gasteiger partial charge in [-0.15, -0.1) is 0 Å². The van der Waals surface area contributed by atoms with Crippen molar-refractivity contribution in [3.05, 3.63) is 27.7 Å². The van der Waals surface area contributed by atoms with Crippen molar-refractivity contribution in [2.45, 2.75) is 39.8 Å². The van der Waals surface area contributed by atoms with Crippen LogP contribution in [0, 0.1) is 0 Å². The largest absolute Gasteiger partial charge is 0.480 e. The Morgan fingerprint density at radius 1 is 1.29 bits per heavy atom. The standard InChI is InChI=1S/C15H21Cl2NO3/c1-5-20-13(19)9-21-14-10(8-18-15(2,3)4)6-11(16)7-12(14)17/h6-7,18H,5,8-9H2,1-4H3. The van der Waals surface area contributed by atoms with Crippen LogP contribution in [-0.2, 0) is 16.1 Å². The highest BCUT2D eigenvalue weighted by Crippen LogP contribution is 2.32. The molecule has 0 saturated carbocycles. The third-order valence-corrected chi connectivity index (χ3v) is 3.03. The van der Waals surface area contributed by atoms with E-state index in [1.807, 2.05) is 0 Å². The molecule has 21 heavy (non-hydrogen) atoms. The fourth-order valence-electron chi connectivity index (χ4n) is 1.60. The number of carbonyl (C=O) groups is 1. The van der Waals surface area contributed by atoms with E-state index in [2.05, 4.69) is 26.1 Å². The van der Waals surface area contributed by atoms with Gasteiger partial charge in [-0.05, 0) is 39.8 Å². The van der Waals surface area contributed by atoms with E-state index in [0.717, 1.165) is 5.56 Å². The molecule has 0 saturated heterocycles. The van der Waals surface area contributed by atoms with Gasteiger partial charge in [0, 0.05) is 22.7 Å². The minimum Gasteiger partial charge on any atom is -0.480 e. The lowest BCUT2D eigenvalue weighted by Crippen LogP contribution is -2.35. The van der Waals surface area contributed by atoms with E-state index in [0.29, 0.717) is 28.9 Å². The first kappa shape index (κ1) is 18.1. The molecule has 6 heteroatoms. The maximum Gasteiger partial charge on any atom is 0.344 e. The van der Waals surface area contributed by atoms with E-state index < -0.39 is 5.97 Å². The molecule has 0 heterocycles. The predicted octanol–water partition coefficient (Wildman–Crippen LogP) is 3.82. The molecule has 0 spiro atoms. The van der Waals surface area contributed by atoms with Crippen molar-refractivity contribution < 1.29 is 14.3 Å². The maximum atomic E-state index is 11.4. The van der Waals surface area contributed by atoms with Crippen LogP contribution in [0.5, 0.6) is 5.75 Å². The van der Waals surface area contributed by atoms with Gasteiger partial charge in [0.15, 0.2) is 6.61 Å². The summed E-state index contributed by atoms with van der Waals surface area (Å²) in [4.78, 5) is 11.4. The number of halogens is 2. The quantitative estimate of drug-likeness (QED) is 0.804. The smallest absolute Gasteiger partial charge is 0.344 e. The van der Waals surface area contributed by atoms with Gasteiger partial charge in [0.2, 0.25) is 0 Å². The highest BCUT2D eigenvalue weighted by atomic mass is 35.5. The van der Waals surface area contributed by atoms with Crippen LogP contribution in [0.4, 0.5) is 0 Å². The van der Waals surface area contributed by atoms with Crippen molar-refractivity contribution in [3.63, 3.8) is 0 Å². The Balaban J connectivity index is 2.87. The Morgan fingerprint density at radius 2 is 1.95 bits per heavy atom. The molecular weight excluding hydrogens is 313 g/mol. The van der Waals surface area contributed by atoms with E-state index in [9.17, 15) is 4.79 Å². The molecule has 0 atom stereocenters. The molecule has 0 aliphatic heterocycles. The first-order chi connectivity index (χ1) is 9.73. The summed E-state index contributed by atoms with van der Waals surface area (Å²) < 4.78 is 10.3. The minimum atomic E-state index is -0.432. The molecule has 0 fully saturated rings. The van der Waals surface area contributed by atoms with E-state index in [-0.39, 0.29) is 12.1 Å². The van der Waals surface area contributed by atoms with E-state index in [4.69, 9.17) is 32.7 Å². The van der Waals surface area contributed by atoms with Gasteiger partial charge in [-0.1, -0.05) is 23.2 Å². The summed E-state index contributed by atoms with van der Waals surface area (Å²) in [7, 11) is 0. The molecule has 1 aromatic rings. The van der Waals surface area contributed by atoms with Gasteiger partial charge < -0.3 is 14.8 Å². The van der Waals surface area contributed by atoms with Crippen LogP contribution in [-0.4, -0.2) is 24.7 Å². The lowest BCUT2D eigenvalue weighted by atomic mass is 10.1. The van der Waals surface area contributed by atoms with Crippen LogP contribution >= 0.6 is 23.2 Å². The normalized spacial score (nSPS) is 11.3. The molecular formula is C15H21Cl2NO3. The number of hydrogen-bond donors (Lipinski definition) is 1. The Labute approximate surface area is 135 Å². The van der Waals surface area contributed by atoms with Gasteiger partial charge >= 0.3 is 5.97 Å². The molecule has 0 unspecified atom stereocenters. The molecule has 1 rings (SSSR count). The van der Waals surface area contributed by atoms with Crippen molar-refractivity contribution in [2.75, 3.05) is 13.2 Å². The van der Waals surface area contributed by atoms with Gasteiger partial charge in [0.1, 0.15) is 5.75 Å². The maximum absolute atomic E-state index is 11.4. The summed E-state index contributed by atoms with van der Waals surface area (Å²) in [5.41, 5.74) is 0.736. The molecule has 118 valence electrons. The van der Waals surface area contributed by atoms with Crippen LogP contribution in [0.2, 0.25) is 10.0 Å². The Hall–Kier alpha value is -0.970. The highest BCUT2D eigenvalue weighted by Gasteiger charge is 2.15. The Bertz CT molecular complexity index is 498. The van der Waals surface area contributed by atoms with Crippen molar-refractivity contribution in [1.29, 1.82) is 0 Å². The minimum absolute atomic E-state index is 0.0623. The average molecular weight is 334 g/mol. The average Bonchev–Trinajstić information content (AvgIpc) is 2.34. The summed E-state index contributed by atoms with van der Waals surface area (Å²) in [5, 5.41) is 4.23. The summed E-state index contributed by atoms with van der Waals surface area (Å²) in [6, 6.07) is 3.36. The second-order valence-electron chi connectivity index (χ2n) is 5.57. The molecule has 0 amide bonds. The summed E-state index contributed by atoms with van der Waals surface area (Å²) in [6.07, 6.45) is 0. The zero-order valence-corrected chi connectivity index (χ0v) is 14.3. The molecule has 1 aromatic carbocycles. The number of benzene rings is 1. The number of hydrogen-bond acceptors (Lipinski definition) is 4. The van der Waals surface area contributed by atoms with Gasteiger partial charge in [0.25, 0.3) is 0 Å². The highest BCUT2D eigenvalue weighted by molar-refractivity contribution is 6.35. The Kier molecular flexibility index (Phi) is 6.78. The Morgan fingerprint density at radius 3 is 2.52 bits per heavy atom. The number of carbonyl (C=O) groups excluding carboxylic acids is 1. The van der Waals surface area contributed by atoms with Crippen LogP contribution in [0.1, 0.15) is 33.3 Å². The van der Waals surface area contributed by atoms with Gasteiger partial charge in [-0.25, -0.2) is 4.79 Å². The molecule has 0 bridgehead atoms. The topological polar surface area (TPSA) is 47.6 Å². The number of nitrogens with one attached hydrogen (secondary N) is 1. The molecule has 1 N–H and O–H groups in total. The first-order valence-corrected chi connectivity index (χ1v) is 7.50. The van der Waals surface area contributed by atoms with Crippen molar-refractivity contribution in [2.24, 2.45) is 0 Å². The zero-order valence-electron chi connectivity index (χ0n) is 12.8. The molecule has 0 aliphatic rings. The van der Waals surface area contributed by atoms with Crippen LogP contribution in [0.3, 0.4) is 0 Å². The second-order valence-corrected chi connectivity index (χ2v) is 6.42. The molecule has 0 aromatic heterocycles. The third-order valence-electron chi connectivity index (χ3n) is 2.53. The summed E-state index contributed by atoms with van der Waals surface area (Å²) >= 11 is 12.2. The van der Waals surface area contributed by atoms with Crippen molar-refractivity contribution in [3.8, 4) is 5.75 Å². The number of ether oxygens (including phenoxy) is 2. The third kappa shape index (κ3) is 6.55. The van der Waals surface area contributed by atoms with Crippen molar-refractivity contribution >= 4 is 29.2 Å². The lowest BCUT2D eigenvalue weighted by Gasteiger charge is -2.22. The molecule has 4 nitrogen and oxygen atoms in total. The van der Waals surface area contributed by atoms with E-state index in [1.165, 1.54) is 0 Å². The van der Waals surface area contributed by atoms with Gasteiger partial charge in [-0.3, -0.25) is 0 Å². The summed E-state index contributed by atoms with van der Waals surface area (Å²) in [6.45, 7) is 8.56. The SMILES string of the molecule is CCOC(=O)COc1c(Cl)cc(Cl)cc1CNC(C)(C)C. The fraction of sp³-hybridized carbons (Fsp3) is 0.533. The van der Waals surface area contributed by atoms with Crippen LogP contribution < -0.4 is 10.1 Å². The lowest BCUT2D eigenvalue weighted by molar-refractivity contribution is -0.145. The van der Waals surface area contributed by atoms with Crippen LogP contribution in [0.25, 0.3) is 0 Å². The number of rotatable bonds is 6. The molecule has 0 aliphatic carbocycles. The van der Waals surface area contributed by atoms with Gasteiger partial charge in [0.05, 0.1) is 11.6 Å². The van der Waals surface area contributed by atoms with E-state index >= 15 is 0 Å². The second kappa shape index (κ2) is 7.87. The van der Waals surface area contributed by atoms with Gasteiger partial charge in [-0.2, -0.15) is 0 Å². The van der Waals surface area contributed by atoms with Crippen molar-refractivity contribution in [1.82, 2.24) is 5.32 Å². The number of esters is 1. The van der Waals surface area contributed by atoms with Crippen LogP contribution in [0.15, 0.2) is 12.1 Å². The fourth-order valence-corrected chi connectivity index (χ4v) is 2.19. The zero-order chi connectivity index (χ0) is 16.0. The molecule has 0 radical (unpaired) electrons.